The molecule has 1 heterocycles. The van der Waals surface area contributed by atoms with Crippen LogP contribution in [0.2, 0.25) is 0 Å². The van der Waals surface area contributed by atoms with Gasteiger partial charge in [0, 0.05) is 6.54 Å². The summed E-state index contributed by atoms with van der Waals surface area (Å²) in [6.45, 7) is 10.6. The quantitative estimate of drug-likeness (QED) is 0.537. The van der Waals surface area contributed by atoms with Gasteiger partial charge in [0.25, 0.3) is 0 Å². The van der Waals surface area contributed by atoms with Crippen LogP contribution in [-0.4, -0.2) is 57.2 Å². The van der Waals surface area contributed by atoms with Crippen molar-refractivity contribution in [2.75, 3.05) is 26.7 Å². The molecular formula is C21H32N4O5S. The summed E-state index contributed by atoms with van der Waals surface area (Å²) < 4.78 is 38.0. The number of likely N-dealkylation sites (N-methyl/N-ethyl adjacent to an activating group) is 1. The van der Waals surface area contributed by atoms with Gasteiger partial charge in [0.2, 0.25) is 15.9 Å². The summed E-state index contributed by atoms with van der Waals surface area (Å²) in [5.41, 5.74) is 1.25. The zero-order chi connectivity index (χ0) is 23.2. The number of ether oxygens (including phenoxy) is 1. The second-order valence-electron chi connectivity index (χ2n) is 7.26. The molecule has 0 saturated carbocycles. The highest BCUT2D eigenvalue weighted by molar-refractivity contribution is 7.89. The number of nitrogens with one attached hydrogen (secondary N) is 2. The van der Waals surface area contributed by atoms with Gasteiger partial charge in [-0.15, -0.1) is 0 Å². The molecule has 2 atom stereocenters. The van der Waals surface area contributed by atoms with Crippen molar-refractivity contribution in [3.8, 4) is 5.75 Å². The number of nitrogens with zero attached hydrogens (tertiary/aromatic N) is 2. The van der Waals surface area contributed by atoms with Crippen molar-refractivity contribution >= 4 is 15.9 Å². The van der Waals surface area contributed by atoms with Crippen molar-refractivity contribution in [3.63, 3.8) is 0 Å². The lowest BCUT2D eigenvalue weighted by atomic mass is 10.0. The first-order valence-corrected chi connectivity index (χ1v) is 11.7. The molecule has 0 radical (unpaired) electrons. The SMILES string of the molecule is CCN(CC)C(CNC(=O)[C@H](C)NS(=O)(=O)c1c(C)noc1C)c1cccc(OC)c1. The largest absolute Gasteiger partial charge is 0.497 e. The van der Waals surface area contributed by atoms with Crippen LogP contribution in [-0.2, 0) is 14.8 Å². The molecule has 1 aromatic heterocycles. The number of aryl methyl sites for hydroxylation is 2. The fourth-order valence-electron chi connectivity index (χ4n) is 3.52. The van der Waals surface area contributed by atoms with Crippen LogP contribution in [0.5, 0.6) is 5.75 Å². The monoisotopic (exact) mass is 452 g/mol. The number of benzene rings is 1. The minimum Gasteiger partial charge on any atom is -0.497 e. The lowest BCUT2D eigenvalue weighted by Crippen LogP contribution is -2.47. The van der Waals surface area contributed by atoms with E-state index in [-0.39, 0.29) is 22.4 Å². The Morgan fingerprint density at radius 1 is 1.26 bits per heavy atom. The molecule has 0 aliphatic rings. The molecule has 0 spiro atoms. The van der Waals surface area contributed by atoms with Gasteiger partial charge in [0.1, 0.15) is 16.3 Å². The Kier molecular flexibility index (Phi) is 8.60. The van der Waals surface area contributed by atoms with Gasteiger partial charge in [0.15, 0.2) is 5.76 Å². The van der Waals surface area contributed by atoms with Gasteiger partial charge in [-0.1, -0.05) is 31.1 Å². The van der Waals surface area contributed by atoms with Crippen LogP contribution < -0.4 is 14.8 Å². The number of rotatable bonds is 11. The average Bonchev–Trinajstić information content (AvgIpc) is 3.09. The zero-order valence-electron chi connectivity index (χ0n) is 18.9. The van der Waals surface area contributed by atoms with Crippen molar-refractivity contribution < 1.29 is 22.5 Å². The van der Waals surface area contributed by atoms with Crippen LogP contribution in [0, 0.1) is 13.8 Å². The molecule has 2 N–H and O–H groups in total. The number of sulfonamides is 1. The fourth-order valence-corrected chi connectivity index (χ4v) is 5.06. The standard InChI is InChI=1S/C21H32N4O5S/c1-7-25(8-2)19(17-10-9-11-18(12-17)29-6)13-22-21(26)15(4)24-31(27,28)20-14(3)23-30-16(20)5/h9-12,15,19,24H,7-8,13H2,1-6H3,(H,22,26)/t15-,19?/m0/s1. The van der Waals surface area contributed by atoms with Gasteiger partial charge in [-0.3, -0.25) is 9.69 Å². The van der Waals surface area contributed by atoms with Crippen LogP contribution in [0.25, 0.3) is 0 Å². The summed E-state index contributed by atoms with van der Waals surface area (Å²) in [7, 11) is -2.33. The lowest BCUT2D eigenvalue weighted by Gasteiger charge is -2.31. The van der Waals surface area contributed by atoms with E-state index in [0.717, 1.165) is 24.4 Å². The normalized spacial score (nSPS) is 13.8. The topological polar surface area (TPSA) is 114 Å². The Morgan fingerprint density at radius 3 is 2.48 bits per heavy atom. The second kappa shape index (κ2) is 10.7. The van der Waals surface area contributed by atoms with Gasteiger partial charge in [0.05, 0.1) is 19.2 Å². The molecule has 0 bridgehead atoms. The first-order chi connectivity index (χ1) is 14.6. The molecule has 9 nitrogen and oxygen atoms in total. The summed E-state index contributed by atoms with van der Waals surface area (Å²) in [4.78, 5) is 14.9. The summed E-state index contributed by atoms with van der Waals surface area (Å²) >= 11 is 0. The molecule has 10 heteroatoms. The Hall–Kier alpha value is -2.43. The van der Waals surface area contributed by atoms with Crippen molar-refractivity contribution in [1.82, 2.24) is 20.1 Å². The Balaban J connectivity index is 2.12. The molecule has 0 fully saturated rings. The number of hydrogen-bond acceptors (Lipinski definition) is 7. The number of aromatic nitrogens is 1. The van der Waals surface area contributed by atoms with Gasteiger partial charge in [-0.25, -0.2) is 8.42 Å². The third-order valence-electron chi connectivity index (χ3n) is 5.16. The van der Waals surface area contributed by atoms with Crippen molar-refractivity contribution in [3.05, 3.63) is 41.3 Å². The van der Waals surface area contributed by atoms with E-state index >= 15 is 0 Å². The minimum absolute atomic E-state index is 0.0375. The second-order valence-corrected chi connectivity index (χ2v) is 8.91. The van der Waals surface area contributed by atoms with Crippen LogP contribution in [0.1, 0.15) is 43.8 Å². The molecule has 1 amide bonds. The van der Waals surface area contributed by atoms with Crippen LogP contribution in [0.15, 0.2) is 33.7 Å². The van der Waals surface area contributed by atoms with Gasteiger partial charge >= 0.3 is 0 Å². The van der Waals surface area contributed by atoms with E-state index < -0.39 is 22.0 Å². The number of carbonyl (C=O) groups excluding carboxylic acids is 1. The molecule has 1 aromatic carbocycles. The van der Waals surface area contributed by atoms with E-state index in [1.165, 1.54) is 13.8 Å². The minimum atomic E-state index is -3.94. The highest BCUT2D eigenvalue weighted by atomic mass is 32.2. The third-order valence-corrected chi connectivity index (χ3v) is 6.95. The summed E-state index contributed by atoms with van der Waals surface area (Å²) in [5, 5.41) is 6.55. The average molecular weight is 453 g/mol. The van der Waals surface area contributed by atoms with Gasteiger partial charge in [-0.05, 0) is 51.6 Å². The molecule has 0 aliphatic carbocycles. The van der Waals surface area contributed by atoms with Crippen LogP contribution >= 0.6 is 0 Å². The Labute approximate surface area is 184 Å². The molecule has 172 valence electrons. The highest BCUT2D eigenvalue weighted by Crippen LogP contribution is 2.24. The zero-order valence-corrected chi connectivity index (χ0v) is 19.7. The van der Waals surface area contributed by atoms with Crippen molar-refractivity contribution in [2.45, 2.75) is 51.6 Å². The maximum absolute atomic E-state index is 12.7. The van der Waals surface area contributed by atoms with E-state index in [1.54, 1.807) is 14.0 Å². The van der Waals surface area contributed by atoms with E-state index in [2.05, 4.69) is 33.9 Å². The molecule has 1 unspecified atom stereocenters. The summed E-state index contributed by atoms with van der Waals surface area (Å²) in [6, 6.07) is 6.65. The van der Waals surface area contributed by atoms with E-state index in [0.29, 0.717) is 6.54 Å². The van der Waals surface area contributed by atoms with Crippen LogP contribution in [0.3, 0.4) is 0 Å². The first-order valence-electron chi connectivity index (χ1n) is 10.2. The van der Waals surface area contributed by atoms with E-state index in [4.69, 9.17) is 9.26 Å². The number of amides is 1. The lowest BCUT2D eigenvalue weighted by molar-refractivity contribution is -0.122. The van der Waals surface area contributed by atoms with E-state index in [9.17, 15) is 13.2 Å². The molecule has 31 heavy (non-hydrogen) atoms. The number of carbonyl (C=O) groups is 1. The van der Waals surface area contributed by atoms with Crippen molar-refractivity contribution in [2.24, 2.45) is 0 Å². The summed E-state index contributed by atoms with van der Waals surface area (Å²) in [5.74, 6) is 0.495. The molecule has 0 saturated heterocycles. The Morgan fingerprint density at radius 2 is 1.94 bits per heavy atom. The van der Waals surface area contributed by atoms with Crippen LogP contribution in [0.4, 0.5) is 0 Å². The first kappa shape index (κ1) is 24.8. The van der Waals surface area contributed by atoms with Crippen molar-refractivity contribution in [1.29, 1.82) is 0 Å². The smallest absolute Gasteiger partial charge is 0.246 e. The predicted octanol–water partition coefficient (Wildman–Crippen LogP) is 2.17. The van der Waals surface area contributed by atoms with Gasteiger partial charge < -0.3 is 14.6 Å². The Bertz CT molecular complexity index is 966. The maximum Gasteiger partial charge on any atom is 0.246 e. The fraction of sp³-hybridized carbons (Fsp3) is 0.524. The molecule has 0 aliphatic heterocycles. The third kappa shape index (κ3) is 6.05. The predicted molar refractivity (Wildman–Crippen MR) is 117 cm³/mol. The molecule has 2 rings (SSSR count). The summed E-state index contributed by atoms with van der Waals surface area (Å²) in [6.07, 6.45) is 0. The maximum atomic E-state index is 12.7. The highest BCUT2D eigenvalue weighted by Gasteiger charge is 2.28. The number of methoxy groups -OCH3 is 1. The molecular weight excluding hydrogens is 420 g/mol. The van der Waals surface area contributed by atoms with Gasteiger partial charge in [-0.2, -0.15) is 4.72 Å². The number of hydrogen-bond donors (Lipinski definition) is 2. The molecule has 2 aromatic rings. The van der Waals surface area contributed by atoms with E-state index in [1.807, 2.05) is 24.3 Å².